The number of benzene rings is 2. The molecule has 0 radical (unpaired) electrons. The minimum absolute atomic E-state index is 0.117. The Balaban J connectivity index is 1.89. The number of amides is 1. The van der Waals surface area contributed by atoms with Crippen molar-refractivity contribution in [2.75, 3.05) is 25.2 Å². The van der Waals surface area contributed by atoms with Gasteiger partial charge < -0.3 is 4.74 Å². The Hall–Kier alpha value is -2.33. The normalized spacial score (nSPS) is 11.9. The van der Waals surface area contributed by atoms with Gasteiger partial charge in [-0.3, -0.25) is 9.69 Å². The van der Waals surface area contributed by atoms with E-state index in [2.05, 4.69) is 9.71 Å². The highest BCUT2D eigenvalue weighted by molar-refractivity contribution is 7.89. The van der Waals surface area contributed by atoms with Gasteiger partial charge in [0, 0.05) is 18.7 Å². The van der Waals surface area contributed by atoms with Crippen molar-refractivity contribution in [3.63, 3.8) is 0 Å². The summed E-state index contributed by atoms with van der Waals surface area (Å²) >= 11 is 1.43. The van der Waals surface area contributed by atoms with E-state index in [9.17, 15) is 13.2 Å². The number of rotatable bonds is 8. The van der Waals surface area contributed by atoms with E-state index in [1.807, 2.05) is 24.3 Å². The molecule has 3 aromatic rings. The molecule has 9 heteroatoms. The number of para-hydroxylation sites is 1. The summed E-state index contributed by atoms with van der Waals surface area (Å²) in [6.07, 6.45) is 0. The molecule has 154 valence electrons. The maximum Gasteiger partial charge on any atom is 0.260 e. The van der Waals surface area contributed by atoms with E-state index in [1.54, 1.807) is 25.9 Å². The van der Waals surface area contributed by atoms with Crippen LogP contribution in [0.4, 0.5) is 5.13 Å². The number of anilines is 1. The molecule has 0 aliphatic rings. The number of hydrogen-bond donors (Lipinski definition) is 1. The number of ether oxygens (including phenoxy) is 1. The van der Waals surface area contributed by atoms with Gasteiger partial charge in [-0.15, -0.1) is 0 Å². The van der Waals surface area contributed by atoms with Gasteiger partial charge in [-0.05, 0) is 50.2 Å². The number of carbonyl (C=O) groups is 1. The Morgan fingerprint density at radius 2 is 1.86 bits per heavy atom. The first kappa shape index (κ1) is 21.4. The van der Waals surface area contributed by atoms with E-state index in [-0.39, 0.29) is 16.8 Å². The summed E-state index contributed by atoms with van der Waals surface area (Å²) in [5.74, 6) is -0.262. The number of aromatic nitrogens is 1. The van der Waals surface area contributed by atoms with Crippen molar-refractivity contribution in [2.45, 2.75) is 24.8 Å². The summed E-state index contributed by atoms with van der Waals surface area (Å²) in [4.78, 5) is 19.4. The van der Waals surface area contributed by atoms with Crippen molar-refractivity contribution in [2.24, 2.45) is 0 Å². The van der Waals surface area contributed by atoms with Gasteiger partial charge >= 0.3 is 0 Å². The van der Waals surface area contributed by atoms with Crippen molar-refractivity contribution >= 4 is 42.6 Å². The molecule has 0 unspecified atom stereocenters. The first-order chi connectivity index (χ1) is 13.8. The van der Waals surface area contributed by atoms with Crippen LogP contribution in [0.25, 0.3) is 10.2 Å². The van der Waals surface area contributed by atoms with E-state index in [0.717, 1.165) is 10.2 Å². The van der Waals surface area contributed by atoms with Crippen molar-refractivity contribution in [3.05, 3.63) is 54.1 Å². The van der Waals surface area contributed by atoms with Gasteiger partial charge in [0.25, 0.3) is 5.91 Å². The summed E-state index contributed by atoms with van der Waals surface area (Å²) in [6.45, 7) is 4.19. The molecule has 0 bridgehead atoms. The molecule has 0 aliphatic heterocycles. The molecule has 2 aromatic carbocycles. The maximum absolute atomic E-state index is 13.1. The van der Waals surface area contributed by atoms with Crippen LogP contribution in [0.2, 0.25) is 0 Å². The minimum atomic E-state index is -3.61. The van der Waals surface area contributed by atoms with E-state index >= 15 is 0 Å². The third-order valence-electron chi connectivity index (χ3n) is 4.08. The summed E-state index contributed by atoms with van der Waals surface area (Å²) in [6, 6.07) is 13.4. The first-order valence-corrected chi connectivity index (χ1v) is 11.4. The number of sulfonamides is 1. The van der Waals surface area contributed by atoms with Gasteiger partial charge in [0.2, 0.25) is 10.0 Å². The summed E-state index contributed by atoms with van der Waals surface area (Å²) in [7, 11) is -2.04. The van der Waals surface area contributed by atoms with E-state index < -0.39 is 10.0 Å². The lowest BCUT2D eigenvalue weighted by Crippen LogP contribution is -2.34. The number of hydrogen-bond acceptors (Lipinski definition) is 6. The number of methoxy groups -OCH3 is 1. The fraction of sp³-hybridized carbons (Fsp3) is 0.300. The van der Waals surface area contributed by atoms with Crippen LogP contribution < -0.4 is 9.62 Å². The molecule has 0 fully saturated rings. The zero-order chi connectivity index (χ0) is 21.0. The van der Waals surface area contributed by atoms with Crippen LogP contribution in [-0.4, -0.2) is 45.6 Å². The number of nitrogens with zero attached hydrogens (tertiary/aromatic N) is 2. The molecule has 1 N–H and O–H groups in total. The lowest BCUT2D eigenvalue weighted by Gasteiger charge is -2.19. The fourth-order valence-electron chi connectivity index (χ4n) is 2.75. The molecular weight excluding hydrogens is 410 g/mol. The Morgan fingerprint density at radius 1 is 1.17 bits per heavy atom. The van der Waals surface area contributed by atoms with Crippen molar-refractivity contribution in [1.82, 2.24) is 9.71 Å². The molecule has 0 aliphatic carbocycles. The Labute approximate surface area is 174 Å². The monoisotopic (exact) mass is 433 g/mol. The number of nitrogens with one attached hydrogen (secondary N) is 1. The van der Waals surface area contributed by atoms with Crippen LogP contribution >= 0.6 is 11.3 Å². The third kappa shape index (κ3) is 4.99. The topological polar surface area (TPSA) is 88.6 Å². The minimum Gasteiger partial charge on any atom is -0.383 e. The molecule has 0 saturated heterocycles. The van der Waals surface area contributed by atoms with E-state index in [4.69, 9.17) is 4.74 Å². The smallest absolute Gasteiger partial charge is 0.260 e. The molecular formula is C20H23N3O4S2. The second-order valence-corrected chi connectivity index (χ2v) is 9.44. The van der Waals surface area contributed by atoms with Gasteiger partial charge in [0.05, 0.1) is 28.3 Å². The molecule has 29 heavy (non-hydrogen) atoms. The highest BCUT2D eigenvalue weighted by Crippen LogP contribution is 2.29. The second kappa shape index (κ2) is 9.00. The molecule has 0 spiro atoms. The Kier molecular flexibility index (Phi) is 6.63. The highest BCUT2D eigenvalue weighted by Gasteiger charge is 2.22. The quantitative estimate of drug-likeness (QED) is 0.589. The SMILES string of the molecule is COCCN(C(=O)c1ccc(S(=O)(=O)NC(C)C)cc1)c1nc2ccccc2s1. The van der Waals surface area contributed by atoms with Crippen molar-refractivity contribution in [3.8, 4) is 0 Å². The van der Waals surface area contributed by atoms with Gasteiger partial charge in [-0.2, -0.15) is 0 Å². The van der Waals surface area contributed by atoms with Crippen LogP contribution in [0.1, 0.15) is 24.2 Å². The molecule has 0 saturated carbocycles. The molecule has 1 amide bonds. The average Bonchev–Trinajstić information content (AvgIpc) is 3.11. The predicted octanol–water partition coefficient (Wildman–Crippen LogP) is 3.28. The van der Waals surface area contributed by atoms with Gasteiger partial charge in [-0.25, -0.2) is 18.1 Å². The van der Waals surface area contributed by atoms with Crippen LogP contribution in [-0.2, 0) is 14.8 Å². The maximum atomic E-state index is 13.1. The van der Waals surface area contributed by atoms with Crippen LogP contribution in [0.15, 0.2) is 53.4 Å². The zero-order valence-corrected chi connectivity index (χ0v) is 18.1. The van der Waals surface area contributed by atoms with E-state index in [1.165, 1.54) is 35.6 Å². The van der Waals surface area contributed by atoms with Crippen LogP contribution in [0.3, 0.4) is 0 Å². The van der Waals surface area contributed by atoms with Gasteiger partial charge in [-0.1, -0.05) is 23.5 Å². The Morgan fingerprint density at radius 3 is 2.48 bits per heavy atom. The standard InChI is InChI=1S/C20H23N3O4S2/c1-14(2)22-29(25,26)16-10-8-15(9-11-16)19(24)23(12-13-27-3)20-21-17-6-4-5-7-18(17)28-20/h4-11,14,22H,12-13H2,1-3H3. The summed E-state index contributed by atoms with van der Waals surface area (Å²) < 4.78 is 33.2. The lowest BCUT2D eigenvalue weighted by atomic mass is 10.2. The third-order valence-corrected chi connectivity index (χ3v) is 6.81. The Bertz CT molecular complexity index is 1060. The second-order valence-electron chi connectivity index (χ2n) is 6.71. The highest BCUT2D eigenvalue weighted by atomic mass is 32.2. The van der Waals surface area contributed by atoms with Crippen LogP contribution in [0, 0.1) is 0 Å². The number of fused-ring (bicyclic) bond motifs is 1. The largest absolute Gasteiger partial charge is 0.383 e. The van der Waals surface area contributed by atoms with Gasteiger partial charge in [0.15, 0.2) is 5.13 Å². The molecule has 3 rings (SSSR count). The summed E-state index contributed by atoms with van der Waals surface area (Å²) in [5.41, 5.74) is 1.20. The fourth-order valence-corrected chi connectivity index (χ4v) is 4.99. The zero-order valence-electron chi connectivity index (χ0n) is 16.5. The first-order valence-electron chi connectivity index (χ1n) is 9.10. The summed E-state index contributed by atoms with van der Waals surface area (Å²) in [5, 5.41) is 0.575. The van der Waals surface area contributed by atoms with Crippen LogP contribution in [0.5, 0.6) is 0 Å². The average molecular weight is 434 g/mol. The van der Waals surface area contributed by atoms with Gasteiger partial charge in [0.1, 0.15) is 0 Å². The number of carbonyl (C=O) groups excluding carboxylic acids is 1. The number of thiazole rings is 1. The van der Waals surface area contributed by atoms with Crippen molar-refractivity contribution in [1.29, 1.82) is 0 Å². The predicted molar refractivity (Wildman–Crippen MR) is 115 cm³/mol. The molecule has 7 nitrogen and oxygen atoms in total. The molecule has 0 atom stereocenters. The lowest BCUT2D eigenvalue weighted by molar-refractivity contribution is 0.0976. The molecule has 1 heterocycles. The van der Waals surface area contributed by atoms with Crippen molar-refractivity contribution < 1.29 is 17.9 Å². The molecule has 1 aromatic heterocycles. The van der Waals surface area contributed by atoms with E-state index in [0.29, 0.717) is 23.8 Å².